The molecule has 0 N–H and O–H groups in total. The van der Waals surface area contributed by atoms with Crippen molar-refractivity contribution in [3.8, 4) is 17.9 Å². The van der Waals surface area contributed by atoms with E-state index in [4.69, 9.17) is 24.3 Å². The molecule has 24 heavy (non-hydrogen) atoms. The van der Waals surface area contributed by atoms with E-state index in [0.29, 0.717) is 19.8 Å². The van der Waals surface area contributed by atoms with Crippen LogP contribution in [-0.2, 0) is 13.6 Å². The first-order valence-corrected chi connectivity index (χ1v) is 9.39. The Bertz CT molecular complexity index is 679. The molecule has 0 saturated heterocycles. The van der Waals surface area contributed by atoms with Crippen molar-refractivity contribution < 1.29 is 18.3 Å². The first-order chi connectivity index (χ1) is 11.6. The van der Waals surface area contributed by atoms with Crippen molar-refractivity contribution >= 4 is 13.2 Å². The van der Waals surface area contributed by atoms with Gasteiger partial charge in [-0.3, -0.25) is 4.57 Å². The number of nitrogens with zero attached hydrogens (tertiary/aromatic N) is 2. The molecule has 0 aliphatic carbocycles. The molecule has 0 radical (unpaired) electrons. The maximum Gasteiger partial charge on any atom is 0.344 e. The zero-order chi connectivity index (χ0) is 17.8. The molecule has 1 aliphatic rings. The molecule has 0 spiro atoms. The molecular formula is C17H21N2O4P. The van der Waals surface area contributed by atoms with Crippen LogP contribution in [-0.4, -0.2) is 26.0 Å². The summed E-state index contributed by atoms with van der Waals surface area (Å²) in [6.45, 7) is 4.70. The van der Waals surface area contributed by atoms with Crippen LogP contribution in [0.5, 0.6) is 5.75 Å². The molecule has 0 bridgehead atoms. The van der Waals surface area contributed by atoms with Crippen LogP contribution in [0.2, 0.25) is 0 Å². The highest BCUT2D eigenvalue weighted by atomic mass is 31.2. The highest BCUT2D eigenvalue weighted by Crippen LogP contribution is 2.47. The van der Waals surface area contributed by atoms with Gasteiger partial charge in [-0.05, 0) is 25.5 Å². The first-order valence-electron chi connectivity index (χ1n) is 7.66. The largest absolute Gasteiger partial charge is 0.493 e. The smallest absolute Gasteiger partial charge is 0.344 e. The van der Waals surface area contributed by atoms with Crippen LogP contribution < -0.4 is 4.74 Å². The van der Waals surface area contributed by atoms with Gasteiger partial charge in [0.2, 0.25) is 0 Å². The number of hydrogen-bond donors (Lipinski definition) is 0. The number of rotatable bonds is 5. The SMILES string of the molecule is CCOP(=O)(CC#N)OCC.N#CC=C1CCOc2ccccc21. The van der Waals surface area contributed by atoms with E-state index in [9.17, 15) is 4.57 Å². The normalized spacial score (nSPS) is 14.4. The van der Waals surface area contributed by atoms with Gasteiger partial charge in [0.05, 0.1) is 32.0 Å². The minimum Gasteiger partial charge on any atom is -0.493 e. The third-order valence-corrected chi connectivity index (χ3v) is 4.85. The monoisotopic (exact) mass is 348 g/mol. The molecule has 0 aromatic heterocycles. The zero-order valence-corrected chi connectivity index (χ0v) is 14.8. The van der Waals surface area contributed by atoms with Crippen LogP contribution in [0.15, 0.2) is 30.3 Å². The van der Waals surface area contributed by atoms with Crippen molar-refractivity contribution in [3.63, 3.8) is 0 Å². The average molecular weight is 348 g/mol. The van der Waals surface area contributed by atoms with E-state index in [-0.39, 0.29) is 6.16 Å². The van der Waals surface area contributed by atoms with E-state index < -0.39 is 7.60 Å². The fourth-order valence-corrected chi connectivity index (χ4v) is 3.32. The molecule has 0 unspecified atom stereocenters. The number of allylic oxidation sites excluding steroid dienone is 1. The summed E-state index contributed by atoms with van der Waals surface area (Å²) in [7, 11) is -3.08. The van der Waals surface area contributed by atoms with Crippen molar-refractivity contribution in [2.24, 2.45) is 0 Å². The van der Waals surface area contributed by atoms with E-state index >= 15 is 0 Å². The predicted octanol–water partition coefficient (Wildman–Crippen LogP) is 4.15. The summed E-state index contributed by atoms with van der Waals surface area (Å²) in [6.07, 6.45) is 2.25. The second-order valence-electron chi connectivity index (χ2n) is 4.66. The third-order valence-electron chi connectivity index (χ3n) is 3.02. The number of ether oxygens (including phenoxy) is 1. The Kier molecular flexibility index (Phi) is 8.83. The zero-order valence-electron chi connectivity index (χ0n) is 13.9. The minimum atomic E-state index is -3.08. The van der Waals surface area contributed by atoms with Gasteiger partial charge in [-0.1, -0.05) is 18.2 Å². The lowest BCUT2D eigenvalue weighted by molar-refractivity contribution is 0.223. The number of nitriles is 2. The van der Waals surface area contributed by atoms with Gasteiger partial charge in [0.1, 0.15) is 11.9 Å². The summed E-state index contributed by atoms with van der Waals surface area (Å²) >= 11 is 0. The molecule has 1 aromatic carbocycles. The van der Waals surface area contributed by atoms with Gasteiger partial charge in [-0.2, -0.15) is 10.5 Å². The summed E-state index contributed by atoms with van der Waals surface area (Å²) in [5, 5.41) is 16.8. The molecular weight excluding hydrogens is 327 g/mol. The lowest BCUT2D eigenvalue weighted by atomic mass is 10.00. The molecule has 0 atom stereocenters. The van der Waals surface area contributed by atoms with E-state index in [2.05, 4.69) is 6.07 Å². The Morgan fingerprint density at radius 3 is 2.50 bits per heavy atom. The maximum absolute atomic E-state index is 11.3. The Morgan fingerprint density at radius 2 is 1.92 bits per heavy atom. The molecule has 1 heterocycles. The molecule has 128 valence electrons. The Balaban J connectivity index is 0.000000245. The average Bonchev–Trinajstić information content (AvgIpc) is 2.57. The van der Waals surface area contributed by atoms with Crippen molar-refractivity contribution in [1.29, 1.82) is 10.5 Å². The standard InChI is InChI=1S/C11H9NO.C6H12NO3P/c12-7-5-9-6-8-13-11-4-2-1-3-10(9)11;1-3-9-11(8,6-5-7)10-4-2/h1-5H,6,8H2;3-4,6H2,1-2H3. The molecule has 0 amide bonds. The molecule has 0 fully saturated rings. The number of para-hydroxylation sites is 1. The first kappa shape index (κ1) is 19.9. The number of fused-ring (bicyclic) bond motifs is 1. The van der Waals surface area contributed by atoms with Crippen LogP contribution in [0.4, 0.5) is 0 Å². The fourth-order valence-electron chi connectivity index (χ4n) is 2.10. The van der Waals surface area contributed by atoms with Crippen LogP contribution in [0, 0.1) is 22.7 Å². The van der Waals surface area contributed by atoms with Gasteiger partial charge < -0.3 is 13.8 Å². The lowest BCUT2D eigenvalue weighted by Gasteiger charge is -2.18. The molecule has 7 heteroatoms. The molecule has 2 rings (SSSR count). The van der Waals surface area contributed by atoms with Gasteiger partial charge in [-0.25, -0.2) is 0 Å². The Morgan fingerprint density at radius 1 is 1.25 bits per heavy atom. The minimum absolute atomic E-state index is 0.172. The third kappa shape index (κ3) is 6.18. The summed E-state index contributed by atoms with van der Waals surface area (Å²) in [5.74, 6) is 0.884. The lowest BCUT2D eigenvalue weighted by Crippen LogP contribution is -2.07. The second kappa shape index (κ2) is 10.6. The van der Waals surface area contributed by atoms with Gasteiger partial charge in [0.25, 0.3) is 0 Å². The van der Waals surface area contributed by atoms with Gasteiger partial charge >= 0.3 is 7.60 Å². The second-order valence-corrected chi connectivity index (χ2v) is 6.71. The van der Waals surface area contributed by atoms with Crippen LogP contribution in [0.25, 0.3) is 5.57 Å². The van der Waals surface area contributed by atoms with Crippen LogP contribution >= 0.6 is 7.60 Å². The fraction of sp³-hybridized carbons (Fsp3) is 0.412. The number of hydrogen-bond acceptors (Lipinski definition) is 6. The molecule has 1 aliphatic heterocycles. The van der Waals surface area contributed by atoms with E-state index in [0.717, 1.165) is 23.3 Å². The summed E-state index contributed by atoms with van der Waals surface area (Å²) in [4.78, 5) is 0. The van der Waals surface area contributed by atoms with Crippen molar-refractivity contribution in [2.75, 3.05) is 26.0 Å². The van der Waals surface area contributed by atoms with Gasteiger partial charge in [0.15, 0.2) is 0 Å². The van der Waals surface area contributed by atoms with Crippen molar-refractivity contribution in [3.05, 3.63) is 35.9 Å². The topological polar surface area (TPSA) is 92.3 Å². The van der Waals surface area contributed by atoms with Crippen molar-refractivity contribution in [2.45, 2.75) is 20.3 Å². The van der Waals surface area contributed by atoms with E-state index in [1.165, 1.54) is 0 Å². The summed E-state index contributed by atoms with van der Waals surface area (Å²) < 4.78 is 26.4. The molecule has 6 nitrogen and oxygen atoms in total. The Hall–Kier alpha value is -2.11. The highest BCUT2D eigenvalue weighted by Gasteiger charge is 2.22. The Labute approximate surface area is 142 Å². The highest BCUT2D eigenvalue weighted by molar-refractivity contribution is 7.54. The summed E-state index contributed by atoms with van der Waals surface area (Å²) in [5.41, 5.74) is 2.12. The van der Waals surface area contributed by atoms with Crippen LogP contribution in [0.1, 0.15) is 25.8 Å². The van der Waals surface area contributed by atoms with Crippen molar-refractivity contribution in [1.82, 2.24) is 0 Å². The van der Waals surface area contributed by atoms with E-state index in [1.807, 2.05) is 24.3 Å². The molecule has 1 aromatic rings. The van der Waals surface area contributed by atoms with E-state index in [1.54, 1.807) is 26.0 Å². The molecule has 0 saturated carbocycles. The maximum atomic E-state index is 11.3. The van der Waals surface area contributed by atoms with Gasteiger partial charge in [0, 0.05) is 18.1 Å². The van der Waals surface area contributed by atoms with Crippen LogP contribution in [0.3, 0.4) is 0 Å². The summed E-state index contributed by atoms with van der Waals surface area (Å²) in [6, 6.07) is 11.6. The quantitative estimate of drug-likeness (QED) is 0.586. The van der Waals surface area contributed by atoms with Gasteiger partial charge in [-0.15, -0.1) is 0 Å². The predicted molar refractivity (Wildman–Crippen MR) is 91.5 cm³/mol. The number of benzene rings is 1.